The normalized spacial score (nSPS) is 21.4. The lowest BCUT2D eigenvalue weighted by atomic mass is 10.1. The number of halogens is 2. The first-order chi connectivity index (χ1) is 6.75. The molecule has 0 spiro atoms. The molecule has 14 heavy (non-hydrogen) atoms. The second-order valence-electron chi connectivity index (χ2n) is 3.33. The summed E-state index contributed by atoms with van der Waals surface area (Å²) in [5.74, 6) is -1.04. The van der Waals surface area contributed by atoms with E-state index in [1.807, 2.05) is 0 Å². The second-order valence-corrected chi connectivity index (χ2v) is 3.33. The van der Waals surface area contributed by atoms with Gasteiger partial charge in [-0.1, -0.05) is 6.07 Å². The van der Waals surface area contributed by atoms with Crippen LogP contribution < -0.4 is 5.32 Å². The van der Waals surface area contributed by atoms with Crippen molar-refractivity contribution in [1.82, 2.24) is 5.32 Å². The Hall–Kier alpha value is -1.00. The van der Waals surface area contributed by atoms with Crippen LogP contribution in [0.15, 0.2) is 18.2 Å². The third-order valence-corrected chi connectivity index (χ3v) is 2.26. The average Bonchev–Trinajstić information content (AvgIpc) is 2.62. The van der Waals surface area contributed by atoms with E-state index in [1.54, 1.807) is 0 Å². The average molecular weight is 199 g/mol. The van der Waals surface area contributed by atoms with E-state index in [9.17, 15) is 8.78 Å². The summed E-state index contributed by atoms with van der Waals surface area (Å²) in [6, 6.07) is 3.63. The highest BCUT2D eigenvalue weighted by atomic mass is 19.1. The summed E-state index contributed by atoms with van der Waals surface area (Å²) in [7, 11) is 0. The third kappa shape index (κ3) is 2.08. The summed E-state index contributed by atoms with van der Waals surface area (Å²) in [6.45, 7) is 1.23. The molecular formula is C10H11F2NO. The van der Waals surface area contributed by atoms with Crippen LogP contribution in [-0.2, 0) is 11.2 Å². The maximum Gasteiger partial charge on any atom is 0.129 e. The molecule has 1 unspecified atom stereocenters. The first kappa shape index (κ1) is 9.55. The number of benzene rings is 1. The fourth-order valence-electron chi connectivity index (χ4n) is 1.52. The van der Waals surface area contributed by atoms with Gasteiger partial charge in [-0.25, -0.2) is 8.78 Å². The Morgan fingerprint density at radius 3 is 2.93 bits per heavy atom. The molecule has 1 aliphatic heterocycles. The minimum absolute atomic E-state index is 0.00467. The van der Waals surface area contributed by atoms with Gasteiger partial charge in [0.1, 0.15) is 11.6 Å². The zero-order valence-electron chi connectivity index (χ0n) is 7.59. The standard InChI is InChI=1S/C10H11F2NO/c11-8-2-1-7(10(12)4-8)3-9-5-13-6-14-9/h1-2,4,9,13H,3,5-6H2. The van der Waals surface area contributed by atoms with Crippen molar-refractivity contribution in [2.45, 2.75) is 12.5 Å². The number of rotatable bonds is 2. The third-order valence-electron chi connectivity index (χ3n) is 2.26. The Morgan fingerprint density at radius 2 is 2.29 bits per heavy atom. The Balaban J connectivity index is 2.08. The molecule has 4 heteroatoms. The van der Waals surface area contributed by atoms with Gasteiger partial charge in [-0.15, -0.1) is 0 Å². The van der Waals surface area contributed by atoms with Crippen LogP contribution in [0.5, 0.6) is 0 Å². The maximum atomic E-state index is 13.2. The predicted molar refractivity (Wildman–Crippen MR) is 47.8 cm³/mol. The molecule has 1 atom stereocenters. The van der Waals surface area contributed by atoms with Crippen molar-refractivity contribution in [2.75, 3.05) is 13.3 Å². The molecule has 0 bridgehead atoms. The molecule has 76 valence electrons. The zero-order valence-corrected chi connectivity index (χ0v) is 7.59. The van der Waals surface area contributed by atoms with Crippen LogP contribution in [0.25, 0.3) is 0 Å². The van der Waals surface area contributed by atoms with Crippen molar-refractivity contribution in [1.29, 1.82) is 0 Å². The van der Waals surface area contributed by atoms with Gasteiger partial charge in [0.05, 0.1) is 12.8 Å². The zero-order chi connectivity index (χ0) is 9.97. The SMILES string of the molecule is Fc1ccc(CC2CNCO2)c(F)c1. The van der Waals surface area contributed by atoms with Crippen molar-refractivity contribution in [3.8, 4) is 0 Å². The van der Waals surface area contributed by atoms with Gasteiger partial charge in [0.25, 0.3) is 0 Å². The lowest BCUT2D eigenvalue weighted by molar-refractivity contribution is 0.113. The molecule has 1 N–H and O–H groups in total. The van der Waals surface area contributed by atoms with Crippen molar-refractivity contribution in [2.24, 2.45) is 0 Å². The summed E-state index contributed by atoms with van der Waals surface area (Å²) in [5.41, 5.74) is 0.500. The van der Waals surface area contributed by atoms with Crippen LogP contribution in [0, 0.1) is 11.6 Å². The highest BCUT2D eigenvalue weighted by Gasteiger charge is 2.17. The predicted octanol–water partition coefficient (Wildman–Crippen LogP) is 1.45. The summed E-state index contributed by atoms with van der Waals surface area (Å²) in [5, 5.41) is 3.00. The van der Waals surface area contributed by atoms with Crippen molar-refractivity contribution in [3.63, 3.8) is 0 Å². The largest absolute Gasteiger partial charge is 0.361 e. The molecule has 1 aliphatic rings. The van der Waals surface area contributed by atoms with Gasteiger partial charge in [0, 0.05) is 19.0 Å². The molecule has 0 amide bonds. The van der Waals surface area contributed by atoms with Crippen LogP contribution in [0.1, 0.15) is 5.56 Å². The first-order valence-corrected chi connectivity index (χ1v) is 4.52. The fourth-order valence-corrected chi connectivity index (χ4v) is 1.52. The van der Waals surface area contributed by atoms with E-state index in [-0.39, 0.29) is 6.10 Å². The first-order valence-electron chi connectivity index (χ1n) is 4.52. The van der Waals surface area contributed by atoms with Crippen LogP contribution in [0.2, 0.25) is 0 Å². The van der Waals surface area contributed by atoms with Crippen molar-refractivity contribution in [3.05, 3.63) is 35.4 Å². The smallest absolute Gasteiger partial charge is 0.129 e. The summed E-state index contributed by atoms with van der Waals surface area (Å²) in [4.78, 5) is 0. The number of hydrogen-bond acceptors (Lipinski definition) is 2. The second kappa shape index (κ2) is 4.02. The highest BCUT2D eigenvalue weighted by molar-refractivity contribution is 5.19. The van der Waals surface area contributed by atoms with Crippen LogP contribution in [0.4, 0.5) is 8.78 Å². The maximum absolute atomic E-state index is 13.2. The van der Waals surface area contributed by atoms with E-state index >= 15 is 0 Å². The Labute approximate surface area is 80.9 Å². The van der Waals surface area contributed by atoms with E-state index in [1.165, 1.54) is 12.1 Å². The van der Waals surface area contributed by atoms with Gasteiger partial charge >= 0.3 is 0 Å². The van der Waals surface area contributed by atoms with E-state index in [0.717, 1.165) is 12.6 Å². The van der Waals surface area contributed by atoms with Crippen molar-refractivity contribution < 1.29 is 13.5 Å². The Bertz CT molecular complexity index is 324. The Morgan fingerprint density at radius 1 is 1.43 bits per heavy atom. The quantitative estimate of drug-likeness (QED) is 0.778. The molecule has 0 radical (unpaired) electrons. The van der Waals surface area contributed by atoms with E-state index < -0.39 is 11.6 Å². The van der Waals surface area contributed by atoms with Gasteiger partial charge in [-0.05, 0) is 11.6 Å². The molecule has 0 aromatic heterocycles. The molecular weight excluding hydrogens is 188 g/mol. The lowest BCUT2D eigenvalue weighted by Gasteiger charge is -2.08. The molecule has 1 fully saturated rings. The number of nitrogens with one attached hydrogen (secondary N) is 1. The van der Waals surface area contributed by atoms with Gasteiger partial charge in [0.2, 0.25) is 0 Å². The van der Waals surface area contributed by atoms with Gasteiger partial charge < -0.3 is 4.74 Å². The number of hydrogen-bond donors (Lipinski definition) is 1. The van der Waals surface area contributed by atoms with Crippen LogP contribution >= 0.6 is 0 Å². The minimum atomic E-state index is -0.545. The molecule has 0 aliphatic carbocycles. The molecule has 1 aromatic carbocycles. The summed E-state index contributed by atoms with van der Waals surface area (Å²) >= 11 is 0. The topological polar surface area (TPSA) is 21.3 Å². The molecule has 1 heterocycles. The Kier molecular flexibility index (Phi) is 2.74. The monoisotopic (exact) mass is 199 g/mol. The number of ether oxygens (including phenoxy) is 1. The summed E-state index contributed by atoms with van der Waals surface area (Å²) in [6.07, 6.45) is 0.481. The van der Waals surface area contributed by atoms with Gasteiger partial charge in [0.15, 0.2) is 0 Å². The lowest BCUT2D eigenvalue weighted by Crippen LogP contribution is -2.17. The molecule has 1 saturated heterocycles. The van der Waals surface area contributed by atoms with E-state index in [0.29, 0.717) is 18.7 Å². The van der Waals surface area contributed by atoms with E-state index in [4.69, 9.17) is 4.74 Å². The highest BCUT2D eigenvalue weighted by Crippen LogP contribution is 2.13. The van der Waals surface area contributed by atoms with Crippen LogP contribution in [0.3, 0.4) is 0 Å². The van der Waals surface area contributed by atoms with Gasteiger partial charge in [-0.3, -0.25) is 5.32 Å². The van der Waals surface area contributed by atoms with E-state index in [2.05, 4.69) is 5.32 Å². The van der Waals surface area contributed by atoms with Gasteiger partial charge in [-0.2, -0.15) is 0 Å². The van der Waals surface area contributed by atoms with Crippen molar-refractivity contribution >= 4 is 0 Å². The molecule has 1 aromatic rings. The fraction of sp³-hybridized carbons (Fsp3) is 0.400. The minimum Gasteiger partial charge on any atom is -0.361 e. The summed E-state index contributed by atoms with van der Waals surface area (Å²) < 4.78 is 31.0. The molecule has 2 nitrogen and oxygen atoms in total. The molecule has 2 rings (SSSR count). The van der Waals surface area contributed by atoms with Crippen LogP contribution in [-0.4, -0.2) is 19.4 Å². The molecule has 0 saturated carbocycles.